The van der Waals surface area contributed by atoms with E-state index >= 15 is 0 Å². The first kappa shape index (κ1) is 15.9. The molecule has 0 fully saturated rings. The highest BCUT2D eigenvalue weighted by atomic mass is 16.6. The zero-order valence-corrected chi connectivity index (χ0v) is 11.8. The summed E-state index contributed by atoms with van der Waals surface area (Å²) in [6.45, 7) is 5.70. The molecule has 0 bridgehead atoms. The van der Waals surface area contributed by atoms with E-state index in [4.69, 9.17) is 5.11 Å². The molecule has 7 nitrogen and oxygen atoms in total. The molecule has 0 aromatic heterocycles. The number of urea groups is 1. The Bertz CT molecular complexity index is 517. The normalized spacial score (nSPS) is 10.2. The Hall–Kier alpha value is -2.15. The number of likely N-dealkylation sites (N-methyl/N-ethyl adjacent to an activating group) is 1. The minimum absolute atomic E-state index is 0.0314. The van der Waals surface area contributed by atoms with Gasteiger partial charge in [0.25, 0.3) is 5.69 Å². The van der Waals surface area contributed by atoms with Gasteiger partial charge >= 0.3 is 6.03 Å². The fourth-order valence-electron chi connectivity index (χ4n) is 1.94. The first-order valence-electron chi connectivity index (χ1n) is 6.33. The first-order chi connectivity index (χ1) is 9.42. The molecular formula is C13H19N3O4. The molecule has 1 rings (SSSR count). The molecule has 0 atom stereocenters. The molecule has 110 valence electrons. The van der Waals surface area contributed by atoms with Gasteiger partial charge in [0.2, 0.25) is 0 Å². The molecule has 7 heteroatoms. The maximum Gasteiger partial charge on any atom is 0.321 e. The van der Waals surface area contributed by atoms with Gasteiger partial charge in [-0.15, -0.1) is 0 Å². The summed E-state index contributed by atoms with van der Waals surface area (Å²) >= 11 is 0. The number of aryl methyl sites for hydroxylation is 1. The van der Waals surface area contributed by atoms with Gasteiger partial charge in [0.1, 0.15) is 0 Å². The third-order valence-electron chi connectivity index (χ3n) is 3.11. The second-order valence-electron chi connectivity index (χ2n) is 4.39. The summed E-state index contributed by atoms with van der Waals surface area (Å²) in [4.78, 5) is 23.9. The lowest BCUT2D eigenvalue weighted by molar-refractivity contribution is -0.385. The third-order valence-corrected chi connectivity index (χ3v) is 3.11. The molecule has 0 aliphatic carbocycles. The Morgan fingerprint density at radius 2 is 2.10 bits per heavy atom. The fourth-order valence-corrected chi connectivity index (χ4v) is 1.94. The Balaban J connectivity index is 3.05. The van der Waals surface area contributed by atoms with Gasteiger partial charge in [-0.1, -0.05) is 6.07 Å². The number of nitrogens with one attached hydrogen (secondary N) is 1. The topological polar surface area (TPSA) is 95.7 Å². The number of hydrogen-bond donors (Lipinski definition) is 2. The molecule has 1 aromatic carbocycles. The van der Waals surface area contributed by atoms with Crippen molar-refractivity contribution in [2.45, 2.75) is 20.8 Å². The number of rotatable bonds is 5. The van der Waals surface area contributed by atoms with E-state index in [2.05, 4.69) is 5.32 Å². The van der Waals surface area contributed by atoms with Crippen molar-refractivity contribution in [2.24, 2.45) is 0 Å². The summed E-state index contributed by atoms with van der Waals surface area (Å²) in [5.74, 6) is 0. The maximum absolute atomic E-state index is 12.1. The summed E-state index contributed by atoms with van der Waals surface area (Å²) in [7, 11) is 0. The number of carbonyl (C=O) groups is 1. The van der Waals surface area contributed by atoms with E-state index in [0.717, 1.165) is 5.56 Å². The second-order valence-corrected chi connectivity index (χ2v) is 4.39. The standard InChI is InChI=1S/C13H19N3O4/c1-4-15(7-8-17)13(18)14-12-9(2)5-6-11(10(12)3)16(19)20/h5-6,17H,4,7-8H2,1-3H3,(H,14,18). The van der Waals surface area contributed by atoms with Gasteiger partial charge in [0, 0.05) is 19.2 Å². The van der Waals surface area contributed by atoms with Crippen molar-refractivity contribution in [3.05, 3.63) is 33.4 Å². The van der Waals surface area contributed by atoms with E-state index in [0.29, 0.717) is 17.8 Å². The maximum atomic E-state index is 12.1. The molecule has 0 aliphatic rings. The van der Waals surface area contributed by atoms with Crippen molar-refractivity contribution in [3.63, 3.8) is 0 Å². The van der Waals surface area contributed by atoms with Gasteiger partial charge in [0.05, 0.1) is 22.8 Å². The van der Waals surface area contributed by atoms with Crippen LogP contribution >= 0.6 is 0 Å². The quantitative estimate of drug-likeness (QED) is 0.637. The van der Waals surface area contributed by atoms with Gasteiger partial charge in [-0.3, -0.25) is 10.1 Å². The van der Waals surface area contributed by atoms with Crippen molar-refractivity contribution in [3.8, 4) is 0 Å². The van der Waals surface area contributed by atoms with Crippen molar-refractivity contribution in [1.82, 2.24) is 4.90 Å². The van der Waals surface area contributed by atoms with Crippen molar-refractivity contribution in [1.29, 1.82) is 0 Å². The molecule has 2 amide bonds. The number of hydrogen-bond acceptors (Lipinski definition) is 4. The Labute approximate surface area is 117 Å². The van der Waals surface area contributed by atoms with Crippen molar-refractivity contribution >= 4 is 17.4 Å². The lowest BCUT2D eigenvalue weighted by Gasteiger charge is -2.21. The van der Waals surface area contributed by atoms with Gasteiger partial charge in [0.15, 0.2) is 0 Å². The van der Waals surface area contributed by atoms with Crippen LogP contribution in [-0.4, -0.2) is 40.7 Å². The molecule has 2 N–H and O–H groups in total. The Morgan fingerprint density at radius 3 is 2.60 bits per heavy atom. The number of aliphatic hydroxyl groups is 1. The lowest BCUT2D eigenvalue weighted by atomic mass is 10.1. The largest absolute Gasteiger partial charge is 0.395 e. The number of amides is 2. The minimum atomic E-state index is -0.476. The van der Waals surface area contributed by atoms with E-state index in [1.54, 1.807) is 26.8 Å². The predicted octanol–water partition coefficient (Wildman–Crippen LogP) is 2.06. The number of nitro benzene ring substituents is 1. The van der Waals surface area contributed by atoms with Crippen LogP contribution in [-0.2, 0) is 0 Å². The van der Waals surface area contributed by atoms with Crippen LogP contribution in [0.3, 0.4) is 0 Å². The van der Waals surface area contributed by atoms with Gasteiger partial charge in [-0.25, -0.2) is 4.79 Å². The molecule has 0 heterocycles. The van der Waals surface area contributed by atoms with E-state index in [1.165, 1.54) is 11.0 Å². The molecule has 0 radical (unpaired) electrons. The molecule has 20 heavy (non-hydrogen) atoms. The number of nitro groups is 1. The minimum Gasteiger partial charge on any atom is -0.395 e. The first-order valence-corrected chi connectivity index (χ1v) is 6.33. The van der Waals surface area contributed by atoms with Crippen molar-refractivity contribution < 1.29 is 14.8 Å². The summed E-state index contributed by atoms with van der Waals surface area (Å²) in [6.07, 6.45) is 0. The lowest BCUT2D eigenvalue weighted by Crippen LogP contribution is -2.37. The van der Waals surface area contributed by atoms with E-state index in [1.807, 2.05) is 0 Å². The second kappa shape index (κ2) is 6.85. The van der Waals surface area contributed by atoms with E-state index in [-0.39, 0.29) is 24.9 Å². The van der Waals surface area contributed by atoms with Crippen molar-refractivity contribution in [2.75, 3.05) is 25.0 Å². The van der Waals surface area contributed by atoms with E-state index < -0.39 is 4.92 Å². The Kier molecular flexibility index (Phi) is 5.45. The monoisotopic (exact) mass is 281 g/mol. The van der Waals surface area contributed by atoms with Crippen LogP contribution < -0.4 is 5.32 Å². The van der Waals surface area contributed by atoms with E-state index in [9.17, 15) is 14.9 Å². The zero-order valence-electron chi connectivity index (χ0n) is 11.8. The molecular weight excluding hydrogens is 262 g/mol. The summed E-state index contributed by atoms with van der Waals surface area (Å²) in [5, 5.41) is 22.5. The smallest absolute Gasteiger partial charge is 0.321 e. The number of nitrogens with zero attached hydrogens (tertiary/aromatic N) is 2. The Morgan fingerprint density at radius 1 is 1.45 bits per heavy atom. The highest BCUT2D eigenvalue weighted by molar-refractivity contribution is 5.91. The molecule has 0 saturated heterocycles. The van der Waals surface area contributed by atoms with Crippen LogP contribution in [0.2, 0.25) is 0 Å². The average molecular weight is 281 g/mol. The number of carbonyl (C=O) groups excluding carboxylic acids is 1. The molecule has 1 aromatic rings. The molecule has 0 aliphatic heterocycles. The summed E-state index contributed by atoms with van der Waals surface area (Å²) < 4.78 is 0. The predicted molar refractivity (Wildman–Crippen MR) is 75.9 cm³/mol. The number of anilines is 1. The van der Waals surface area contributed by atoms with Crippen LogP contribution in [0.1, 0.15) is 18.1 Å². The molecule has 0 saturated carbocycles. The van der Waals surface area contributed by atoms with Crippen LogP contribution in [0.25, 0.3) is 0 Å². The van der Waals surface area contributed by atoms with Gasteiger partial charge in [-0.2, -0.15) is 0 Å². The third kappa shape index (κ3) is 3.45. The highest BCUT2D eigenvalue weighted by Crippen LogP contribution is 2.28. The van der Waals surface area contributed by atoms with Crippen LogP contribution in [0.4, 0.5) is 16.2 Å². The van der Waals surface area contributed by atoms with Crippen LogP contribution in [0.15, 0.2) is 12.1 Å². The number of aliphatic hydroxyl groups excluding tert-OH is 1. The zero-order chi connectivity index (χ0) is 15.3. The fraction of sp³-hybridized carbons (Fsp3) is 0.462. The summed E-state index contributed by atoms with van der Waals surface area (Å²) in [6, 6.07) is 2.64. The SMILES string of the molecule is CCN(CCO)C(=O)Nc1c(C)ccc([N+](=O)[O-])c1C. The summed E-state index contributed by atoms with van der Waals surface area (Å²) in [5.41, 5.74) is 1.58. The van der Waals surface area contributed by atoms with Crippen LogP contribution in [0, 0.1) is 24.0 Å². The van der Waals surface area contributed by atoms with Gasteiger partial charge in [-0.05, 0) is 26.3 Å². The van der Waals surface area contributed by atoms with Crippen LogP contribution in [0.5, 0.6) is 0 Å². The molecule has 0 unspecified atom stereocenters. The number of benzene rings is 1. The molecule has 0 spiro atoms. The highest BCUT2D eigenvalue weighted by Gasteiger charge is 2.19. The van der Waals surface area contributed by atoms with Gasteiger partial charge < -0.3 is 15.3 Å². The average Bonchev–Trinajstić information content (AvgIpc) is 2.39.